The van der Waals surface area contributed by atoms with Gasteiger partial charge in [0.25, 0.3) is 0 Å². The summed E-state index contributed by atoms with van der Waals surface area (Å²) < 4.78 is 5.60. The molecular weight excluding hydrogens is 446 g/mol. The number of nitrogens with zero attached hydrogens (tertiary/aromatic N) is 2. The molecule has 1 saturated heterocycles. The maximum absolute atomic E-state index is 13.3. The second-order valence-corrected chi connectivity index (χ2v) is 9.61. The Balaban J connectivity index is 1.43. The first-order chi connectivity index (χ1) is 16.8. The molecule has 8 nitrogen and oxygen atoms in total. The van der Waals surface area contributed by atoms with Crippen LogP contribution >= 0.6 is 0 Å². The summed E-state index contributed by atoms with van der Waals surface area (Å²) in [6.45, 7) is 4.92. The second-order valence-electron chi connectivity index (χ2n) is 9.61. The molecule has 0 saturated carbocycles. The third-order valence-corrected chi connectivity index (χ3v) is 6.80. The normalized spacial score (nSPS) is 18.8. The summed E-state index contributed by atoms with van der Waals surface area (Å²) in [5.41, 5.74) is 4.46. The molecule has 2 N–H and O–H groups in total. The Labute approximate surface area is 205 Å². The van der Waals surface area contributed by atoms with Gasteiger partial charge in [-0.2, -0.15) is 0 Å². The first-order valence-corrected chi connectivity index (χ1v) is 12.1. The van der Waals surface area contributed by atoms with Crippen LogP contribution in [-0.4, -0.2) is 78.8 Å². The molecular formula is C27H33N3O5. The van der Waals surface area contributed by atoms with E-state index in [4.69, 9.17) is 9.84 Å². The summed E-state index contributed by atoms with van der Waals surface area (Å²) in [6.07, 6.45) is -0.918. The van der Waals surface area contributed by atoms with E-state index in [1.807, 2.05) is 43.4 Å². The van der Waals surface area contributed by atoms with Crippen LogP contribution in [0.5, 0.6) is 0 Å². The van der Waals surface area contributed by atoms with Crippen LogP contribution in [0.2, 0.25) is 0 Å². The quantitative estimate of drug-likeness (QED) is 0.633. The molecule has 0 bridgehead atoms. The fraction of sp³-hybridized carbons (Fsp3) is 0.444. The van der Waals surface area contributed by atoms with E-state index in [2.05, 4.69) is 29.3 Å². The minimum Gasteiger partial charge on any atom is -0.481 e. The number of hydrogen-bond acceptors (Lipinski definition) is 5. The van der Waals surface area contributed by atoms with Gasteiger partial charge in [0, 0.05) is 38.5 Å². The molecule has 2 aromatic rings. The average molecular weight is 480 g/mol. The van der Waals surface area contributed by atoms with Crippen molar-refractivity contribution in [2.75, 3.05) is 39.8 Å². The van der Waals surface area contributed by atoms with Gasteiger partial charge in [-0.1, -0.05) is 55.5 Å². The molecule has 186 valence electrons. The van der Waals surface area contributed by atoms with Crippen LogP contribution in [0, 0.1) is 5.92 Å². The molecule has 0 aromatic heterocycles. The third-order valence-electron chi connectivity index (χ3n) is 6.80. The molecule has 1 heterocycles. The molecule has 2 unspecified atom stereocenters. The predicted molar refractivity (Wildman–Crippen MR) is 132 cm³/mol. The summed E-state index contributed by atoms with van der Waals surface area (Å²) in [6, 6.07) is 15.2. The third kappa shape index (κ3) is 5.82. The molecule has 2 aromatic carbocycles. The number of nitrogens with one attached hydrogen (secondary N) is 1. The standard InChI is InChI=1S/C27H33N3O5/c1-18-15-29(2)13-14-30(16-18)26(33)24(11-12-25(31)32)28-27(34)35-17-23-21-9-5-3-7-19(21)20-8-4-6-10-22(20)23/h3-10,18,23-24H,11-17H2,1-2H3,(H,28,34)(H,31,32). The molecule has 1 aliphatic heterocycles. The first kappa shape index (κ1) is 24.7. The Morgan fingerprint density at radius 1 is 1.03 bits per heavy atom. The highest BCUT2D eigenvalue weighted by molar-refractivity contribution is 5.86. The summed E-state index contributed by atoms with van der Waals surface area (Å²) in [5.74, 6) is -1.09. The van der Waals surface area contributed by atoms with Crippen LogP contribution in [0.1, 0.15) is 36.8 Å². The molecule has 35 heavy (non-hydrogen) atoms. The van der Waals surface area contributed by atoms with E-state index in [-0.39, 0.29) is 37.2 Å². The minimum absolute atomic E-state index is 0.0130. The molecule has 1 aliphatic carbocycles. The number of rotatable bonds is 7. The Kier molecular flexibility index (Phi) is 7.70. The Bertz CT molecular complexity index is 1040. The largest absolute Gasteiger partial charge is 0.481 e. The van der Waals surface area contributed by atoms with Crippen LogP contribution in [0.4, 0.5) is 4.79 Å². The van der Waals surface area contributed by atoms with Gasteiger partial charge in [-0.15, -0.1) is 0 Å². The van der Waals surface area contributed by atoms with Gasteiger partial charge in [-0.25, -0.2) is 4.79 Å². The highest BCUT2D eigenvalue weighted by atomic mass is 16.5. The topological polar surface area (TPSA) is 99.2 Å². The molecule has 2 amide bonds. The monoisotopic (exact) mass is 479 g/mol. The van der Waals surface area contributed by atoms with Crippen molar-refractivity contribution in [3.05, 3.63) is 59.7 Å². The van der Waals surface area contributed by atoms with Gasteiger partial charge in [0.05, 0.1) is 0 Å². The predicted octanol–water partition coefficient (Wildman–Crippen LogP) is 3.17. The van der Waals surface area contributed by atoms with Gasteiger partial charge in [0.15, 0.2) is 0 Å². The number of alkyl carbamates (subject to hydrolysis) is 1. The van der Waals surface area contributed by atoms with Crippen LogP contribution in [0.25, 0.3) is 11.1 Å². The van der Waals surface area contributed by atoms with Crippen LogP contribution in [0.3, 0.4) is 0 Å². The molecule has 2 aliphatic rings. The number of benzene rings is 2. The summed E-state index contributed by atoms with van der Waals surface area (Å²) in [4.78, 5) is 41.2. The summed E-state index contributed by atoms with van der Waals surface area (Å²) >= 11 is 0. The van der Waals surface area contributed by atoms with Crippen molar-refractivity contribution in [3.63, 3.8) is 0 Å². The lowest BCUT2D eigenvalue weighted by molar-refractivity contribution is -0.138. The number of hydrogen-bond donors (Lipinski definition) is 2. The Hall–Kier alpha value is -3.39. The highest BCUT2D eigenvalue weighted by Crippen LogP contribution is 2.44. The number of carbonyl (C=O) groups is 3. The lowest BCUT2D eigenvalue weighted by atomic mass is 9.98. The van der Waals surface area contributed by atoms with Crippen molar-refractivity contribution < 1.29 is 24.2 Å². The molecule has 1 fully saturated rings. The number of likely N-dealkylation sites (N-methyl/N-ethyl adjacent to an activating group) is 1. The van der Waals surface area contributed by atoms with E-state index < -0.39 is 18.1 Å². The number of ether oxygens (including phenoxy) is 1. The molecule has 2 atom stereocenters. The second kappa shape index (κ2) is 10.9. The number of fused-ring (bicyclic) bond motifs is 3. The SMILES string of the molecule is CC1CN(C)CCN(C(=O)C(CCC(=O)O)NC(=O)OCC2c3ccccc3-c3ccccc32)C1. The number of aliphatic carboxylic acids is 1. The Morgan fingerprint density at radius 3 is 2.29 bits per heavy atom. The van der Waals surface area contributed by atoms with Crippen molar-refractivity contribution in [3.8, 4) is 11.1 Å². The fourth-order valence-electron chi connectivity index (χ4n) is 5.17. The van der Waals surface area contributed by atoms with E-state index in [1.54, 1.807) is 4.90 Å². The first-order valence-electron chi connectivity index (χ1n) is 12.1. The number of carboxylic acid groups (broad SMARTS) is 1. The van der Waals surface area contributed by atoms with Crippen molar-refractivity contribution >= 4 is 18.0 Å². The molecule has 0 radical (unpaired) electrons. The summed E-state index contributed by atoms with van der Waals surface area (Å²) in [7, 11) is 2.02. The smallest absolute Gasteiger partial charge is 0.407 e. The Morgan fingerprint density at radius 2 is 1.66 bits per heavy atom. The lowest BCUT2D eigenvalue weighted by Crippen LogP contribution is -2.50. The van der Waals surface area contributed by atoms with E-state index in [1.165, 1.54) is 0 Å². The van der Waals surface area contributed by atoms with E-state index in [9.17, 15) is 14.4 Å². The lowest BCUT2D eigenvalue weighted by Gasteiger charge is -2.27. The maximum Gasteiger partial charge on any atom is 0.407 e. The van der Waals surface area contributed by atoms with E-state index >= 15 is 0 Å². The zero-order valence-corrected chi connectivity index (χ0v) is 20.3. The van der Waals surface area contributed by atoms with Crippen molar-refractivity contribution in [2.45, 2.75) is 31.7 Å². The van der Waals surface area contributed by atoms with Crippen molar-refractivity contribution in [2.24, 2.45) is 5.92 Å². The molecule has 4 rings (SSSR count). The van der Waals surface area contributed by atoms with Crippen LogP contribution in [0.15, 0.2) is 48.5 Å². The van der Waals surface area contributed by atoms with Gasteiger partial charge < -0.3 is 25.0 Å². The zero-order valence-electron chi connectivity index (χ0n) is 20.3. The highest BCUT2D eigenvalue weighted by Gasteiger charge is 2.32. The summed E-state index contributed by atoms with van der Waals surface area (Å²) in [5, 5.41) is 11.8. The number of carboxylic acids is 1. The van der Waals surface area contributed by atoms with Crippen molar-refractivity contribution in [1.82, 2.24) is 15.1 Å². The number of carbonyl (C=O) groups excluding carboxylic acids is 2. The zero-order chi connectivity index (χ0) is 24.9. The van der Waals surface area contributed by atoms with E-state index in [0.29, 0.717) is 13.1 Å². The number of amides is 2. The molecule has 8 heteroatoms. The van der Waals surface area contributed by atoms with Crippen LogP contribution < -0.4 is 5.32 Å². The maximum atomic E-state index is 13.3. The fourth-order valence-corrected chi connectivity index (χ4v) is 5.17. The van der Waals surface area contributed by atoms with Crippen molar-refractivity contribution in [1.29, 1.82) is 0 Å². The van der Waals surface area contributed by atoms with Gasteiger partial charge >= 0.3 is 12.1 Å². The van der Waals surface area contributed by atoms with Gasteiger partial charge in [0.1, 0.15) is 12.6 Å². The minimum atomic E-state index is -1.01. The molecule has 0 spiro atoms. The van der Waals surface area contributed by atoms with Crippen LogP contribution in [-0.2, 0) is 14.3 Å². The van der Waals surface area contributed by atoms with Gasteiger partial charge in [-0.3, -0.25) is 9.59 Å². The van der Waals surface area contributed by atoms with E-state index in [0.717, 1.165) is 35.3 Å². The average Bonchev–Trinajstić information content (AvgIpc) is 3.05. The van der Waals surface area contributed by atoms with Gasteiger partial charge in [0.2, 0.25) is 5.91 Å². The van der Waals surface area contributed by atoms with Gasteiger partial charge in [-0.05, 0) is 41.6 Å².